The van der Waals surface area contributed by atoms with Gasteiger partial charge in [0.1, 0.15) is 6.26 Å². The van der Waals surface area contributed by atoms with Crippen LogP contribution in [0.25, 0.3) is 0 Å². The molecule has 1 saturated carbocycles. The predicted molar refractivity (Wildman–Crippen MR) is 105 cm³/mol. The Hall–Kier alpha value is -2.93. The third-order valence-corrected chi connectivity index (χ3v) is 6.60. The Morgan fingerprint density at radius 3 is 2.50 bits per heavy atom. The zero-order valence-electron chi connectivity index (χ0n) is 15.2. The van der Waals surface area contributed by atoms with Crippen LogP contribution >= 0.6 is 0 Å². The normalized spacial score (nSPS) is 14.4. The number of para-hydroxylation sites is 1. The highest BCUT2D eigenvalue weighted by Crippen LogP contribution is 2.35. The van der Waals surface area contributed by atoms with Crippen LogP contribution < -0.4 is 5.32 Å². The number of hydrogen-bond donors (Lipinski definition) is 1. The quantitative estimate of drug-likeness (QED) is 0.675. The van der Waals surface area contributed by atoms with E-state index < -0.39 is 15.7 Å². The number of oxazole rings is 1. The lowest BCUT2D eigenvalue weighted by molar-refractivity contribution is 0.102. The Bertz CT molecular complexity index is 1090. The second kappa shape index (κ2) is 7.59. The molecule has 0 bridgehead atoms. The van der Waals surface area contributed by atoms with Crippen LogP contribution in [0.5, 0.6) is 0 Å². The zero-order chi connectivity index (χ0) is 19.6. The van der Waals surface area contributed by atoms with Crippen LogP contribution in [0.15, 0.2) is 70.2 Å². The Morgan fingerprint density at radius 1 is 1.07 bits per heavy atom. The van der Waals surface area contributed by atoms with Crippen molar-refractivity contribution in [3.8, 4) is 0 Å². The fourth-order valence-corrected chi connectivity index (χ4v) is 4.50. The van der Waals surface area contributed by atoms with Gasteiger partial charge in [-0.3, -0.25) is 4.79 Å². The van der Waals surface area contributed by atoms with Gasteiger partial charge in [0.2, 0.25) is 0 Å². The van der Waals surface area contributed by atoms with Crippen molar-refractivity contribution in [2.75, 3.05) is 5.32 Å². The molecule has 3 aromatic rings. The molecule has 0 atom stereocenters. The van der Waals surface area contributed by atoms with Crippen LogP contribution in [0.4, 0.5) is 5.69 Å². The van der Waals surface area contributed by atoms with Crippen molar-refractivity contribution < 1.29 is 17.6 Å². The number of hydrogen-bond acceptors (Lipinski definition) is 5. The molecule has 7 heteroatoms. The van der Waals surface area contributed by atoms with Gasteiger partial charge in [-0.1, -0.05) is 42.8 Å². The molecule has 1 aromatic heterocycles. The van der Waals surface area contributed by atoms with Gasteiger partial charge in [-0.25, -0.2) is 13.4 Å². The van der Waals surface area contributed by atoms with Gasteiger partial charge >= 0.3 is 0 Å². The average molecular weight is 396 g/mol. The first-order valence-electron chi connectivity index (χ1n) is 9.15. The number of carbonyl (C=O) groups excluding carboxylic acids is 1. The minimum atomic E-state index is -3.52. The van der Waals surface area contributed by atoms with E-state index in [1.54, 1.807) is 54.6 Å². The van der Waals surface area contributed by atoms with E-state index in [1.807, 2.05) is 0 Å². The fraction of sp³-hybridized carbons (Fsp3) is 0.238. The summed E-state index contributed by atoms with van der Waals surface area (Å²) in [6.45, 7) is 0. The number of benzene rings is 2. The number of nitrogens with one attached hydrogen (secondary N) is 1. The number of carbonyl (C=O) groups is 1. The predicted octanol–water partition coefficient (Wildman–Crippen LogP) is 4.17. The highest BCUT2D eigenvalue weighted by molar-refractivity contribution is 7.90. The molecular formula is C21H20N2O4S. The number of anilines is 1. The second-order valence-corrected chi connectivity index (χ2v) is 8.87. The van der Waals surface area contributed by atoms with E-state index in [0.29, 0.717) is 23.1 Å². The summed E-state index contributed by atoms with van der Waals surface area (Å²) in [6.07, 6.45) is 4.56. The van der Waals surface area contributed by atoms with Gasteiger partial charge in [-0.05, 0) is 36.6 Å². The van der Waals surface area contributed by atoms with Crippen LogP contribution in [0, 0.1) is 0 Å². The second-order valence-electron chi connectivity index (χ2n) is 6.88. The van der Waals surface area contributed by atoms with E-state index >= 15 is 0 Å². The third kappa shape index (κ3) is 3.84. The van der Waals surface area contributed by atoms with Crippen molar-refractivity contribution in [2.24, 2.45) is 0 Å². The van der Waals surface area contributed by atoms with Crippen molar-refractivity contribution in [3.63, 3.8) is 0 Å². The average Bonchev–Trinajstić information content (AvgIpc) is 3.12. The molecule has 144 valence electrons. The molecule has 1 aliphatic carbocycles. The molecule has 4 rings (SSSR count). The van der Waals surface area contributed by atoms with Gasteiger partial charge in [0.05, 0.1) is 10.6 Å². The molecule has 0 unspecified atom stereocenters. The smallest absolute Gasteiger partial charge is 0.277 e. The molecule has 1 fully saturated rings. The SMILES string of the molecule is O=C(Nc1ccccc1CS(=O)(=O)c1ccccc1)c1coc(C2CCC2)n1. The Morgan fingerprint density at radius 2 is 1.79 bits per heavy atom. The molecule has 6 nitrogen and oxygen atoms in total. The zero-order valence-corrected chi connectivity index (χ0v) is 16.0. The van der Waals surface area contributed by atoms with Crippen LogP contribution in [0.2, 0.25) is 0 Å². The summed E-state index contributed by atoms with van der Waals surface area (Å²) in [7, 11) is -3.52. The van der Waals surface area contributed by atoms with Gasteiger partial charge in [-0.2, -0.15) is 0 Å². The van der Waals surface area contributed by atoms with Gasteiger partial charge < -0.3 is 9.73 Å². The molecule has 1 N–H and O–H groups in total. The van der Waals surface area contributed by atoms with Gasteiger partial charge in [0.25, 0.3) is 5.91 Å². The lowest BCUT2D eigenvalue weighted by Crippen LogP contribution is -2.16. The van der Waals surface area contributed by atoms with Gasteiger partial charge in [0, 0.05) is 11.6 Å². The van der Waals surface area contributed by atoms with Crippen LogP contribution in [-0.4, -0.2) is 19.3 Å². The van der Waals surface area contributed by atoms with E-state index in [0.717, 1.165) is 19.3 Å². The van der Waals surface area contributed by atoms with E-state index in [-0.39, 0.29) is 16.3 Å². The summed E-state index contributed by atoms with van der Waals surface area (Å²) < 4.78 is 30.8. The Balaban J connectivity index is 1.53. The number of sulfone groups is 1. The summed E-state index contributed by atoms with van der Waals surface area (Å²) >= 11 is 0. The molecular weight excluding hydrogens is 376 g/mol. The first kappa shape index (κ1) is 18.4. The molecule has 2 aromatic carbocycles. The van der Waals surface area contributed by atoms with Crippen LogP contribution in [-0.2, 0) is 15.6 Å². The van der Waals surface area contributed by atoms with Crippen molar-refractivity contribution in [1.29, 1.82) is 0 Å². The van der Waals surface area contributed by atoms with Crippen LogP contribution in [0.1, 0.15) is 47.1 Å². The topological polar surface area (TPSA) is 89.3 Å². The van der Waals surface area contributed by atoms with Crippen molar-refractivity contribution in [3.05, 3.63) is 78.0 Å². The van der Waals surface area contributed by atoms with E-state index in [2.05, 4.69) is 10.3 Å². The molecule has 1 heterocycles. The standard InChI is InChI=1S/C21H20N2O4S/c24-20(19-13-27-21(23-19)15-8-6-9-15)22-18-12-5-4-7-16(18)14-28(25,26)17-10-2-1-3-11-17/h1-5,7,10-13,15H,6,8-9,14H2,(H,22,24). The number of rotatable bonds is 6. The maximum atomic E-state index is 12.7. The molecule has 1 amide bonds. The van der Waals surface area contributed by atoms with E-state index in [9.17, 15) is 13.2 Å². The Labute approximate surface area is 163 Å². The monoisotopic (exact) mass is 396 g/mol. The maximum Gasteiger partial charge on any atom is 0.277 e. The van der Waals surface area contributed by atoms with Crippen molar-refractivity contribution in [2.45, 2.75) is 35.8 Å². The number of nitrogens with zero attached hydrogens (tertiary/aromatic N) is 1. The first-order valence-corrected chi connectivity index (χ1v) is 10.8. The van der Waals surface area contributed by atoms with Crippen molar-refractivity contribution in [1.82, 2.24) is 4.98 Å². The minimum absolute atomic E-state index is 0.197. The molecule has 0 saturated heterocycles. The maximum absolute atomic E-state index is 12.7. The summed E-state index contributed by atoms with van der Waals surface area (Å²) in [5.74, 6) is 0.264. The van der Waals surface area contributed by atoms with Gasteiger partial charge in [0.15, 0.2) is 21.4 Å². The summed E-state index contributed by atoms with van der Waals surface area (Å²) in [5, 5.41) is 2.76. The lowest BCUT2D eigenvalue weighted by Gasteiger charge is -2.21. The molecule has 1 aliphatic rings. The van der Waals surface area contributed by atoms with E-state index in [4.69, 9.17) is 4.42 Å². The third-order valence-electron chi connectivity index (χ3n) is 4.92. The summed E-state index contributed by atoms with van der Waals surface area (Å²) in [6, 6.07) is 15.1. The fourth-order valence-electron chi connectivity index (χ4n) is 3.10. The molecule has 0 aliphatic heterocycles. The summed E-state index contributed by atoms with van der Waals surface area (Å²) in [5.41, 5.74) is 1.16. The number of amides is 1. The highest BCUT2D eigenvalue weighted by atomic mass is 32.2. The largest absolute Gasteiger partial charge is 0.448 e. The number of aromatic nitrogens is 1. The lowest BCUT2D eigenvalue weighted by atomic mass is 9.85. The van der Waals surface area contributed by atoms with Crippen LogP contribution in [0.3, 0.4) is 0 Å². The summed E-state index contributed by atoms with van der Waals surface area (Å²) in [4.78, 5) is 17.1. The Kier molecular flexibility index (Phi) is 5.00. The minimum Gasteiger partial charge on any atom is -0.448 e. The van der Waals surface area contributed by atoms with Crippen molar-refractivity contribution >= 4 is 21.4 Å². The molecule has 28 heavy (non-hydrogen) atoms. The first-order chi connectivity index (χ1) is 13.5. The molecule has 0 spiro atoms. The van der Waals surface area contributed by atoms with Gasteiger partial charge in [-0.15, -0.1) is 0 Å². The molecule has 0 radical (unpaired) electrons. The van der Waals surface area contributed by atoms with E-state index in [1.165, 1.54) is 6.26 Å². The highest BCUT2D eigenvalue weighted by Gasteiger charge is 2.26.